The highest BCUT2D eigenvalue weighted by Crippen LogP contribution is 2.33. The van der Waals surface area contributed by atoms with Gasteiger partial charge in [0.15, 0.2) is 0 Å². The summed E-state index contributed by atoms with van der Waals surface area (Å²) in [7, 11) is 3.08. The molecule has 1 aliphatic carbocycles. The predicted octanol–water partition coefficient (Wildman–Crippen LogP) is 3.92. The first-order chi connectivity index (χ1) is 12.8. The van der Waals surface area contributed by atoms with Crippen molar-refractivity contribution in [3.8, 4) is 11.5 Å². The van der Waals surface area contributed by atoms with E-state index in [0.717, 1.165) is 30.7 Å². The molecule has 2 aromatic rings. The Morgan fingerprint density at radius 1 is 1.19 bits per heavy atom. The third-order valence-corrected chi connectivity index (χ3v) is 4.38. The SMILES string of the molecule is COc1ccc(CN(C(=O)c2ccc(C(F)(F)F)nc2)C2CC2)c(OC)c1. The molecule has 1 saturated carbocycles. The quantitative estimate of drug-likeness (QED) is 0.762. The maximum Gasteiger partial charge on any atom is 0.433 e. The highest BCUT2D eigenvalue weighted by Gasteiger charge is 2.35. The molecule has 27 heavy (non-hydrogen) atoms. The Bertz CT molecular complexity index is 818. The minimum atomic E-state index is -4.53. The van der Waals surface area contributed by atoms with Gasteiger partial charge in [0.1, 0.15) is 17.2 Å². The first-order valence-corrected chi connectivity index (χ1v) is 8.38. The molecule has 3 rings (SSSR count). The van der Waals surface area contributed by atoms with E-state index in [1.807, 2.05) is 6.07 Å². The molecule has 0 bridgehead atoms. The van der Waals surface area contributed by atoms with Gasteiger partial charge in [-0.25, -0.2) is 0 Å². The van der Waals surface area contributed by atoms with Crippen LogP contribution in [-0.4, -0.2) is 36.1 Å². The van der Waals surface area contributed by atoms with Crippen LogP contribution in [0.15, 0.2) is 36.5 Å². The minimum absolute atomic E-state index is 0.0617. The Morgan fingerprint density at radius 3 is 2.44 bits per heavy atom. The Morgan fingerprint density at radius 2 is 1.93 bits per heavy atom. The molecule has 0 radical (unpaired) electrons. The highest BCUT2D eigenvalue weighted by atomic mass is 19.4. The molecule has 1 aromatic heterocycles. The minimum Gasteiger partial charge on any atom is -0.497 e. The summed E-state index contributed by atoms with van der Waals surface area (Å²) in [6, 6.07) is 7.36. The Kier molecular flexibility index (Phi) is 5.25. The number of pyridine rings is 1. The predicted molar refractivity (Wildman–Crippen MR) is 91.7 cm³/mol. The second kappa shape index (κ2) is 7.46. The lowest BCUT2D eigenvalue weighted by Crippen LogP contribution is -2.33. The standard InChI is InChI=1S/C19H19F3N2O3/c1-26-15-7-3-13(16(9-15)27-2)11-24(14-5-6-14)18(25)12-4-8-17(23-10-12)19(20,21)22/h3-4,7-10,14H,5-6,11H2,1-2H3. The smallest absolute Gasteiger partial charge is 0.433 e. The van der Waals surface area contributed by atoms with Crippen molar-refractivity contribution in [1.82, 2.24) is 9.88 Å². The van der Waals surface area contributed by atoms with Crippen LogP contribution < -0.4 is 9.47 Å². The first-order valence-electron chi connectivity index (χ1n) is 8.38. The summed E-state index contributed by atoms with van der Waals surface area (Å²) in [5.41, 5.74) is -0.102. The number of hydrogen-bond acceptors (Lipinski definition) is 4. The van der Waals surface area contributed by atoms with Gasteiger partial charge in [-0.05, 0) is 37.1 Å². The number of carbonyl (C=O) groups excluding carboxylic acids is 1. The van der Waals surface area contributed by atoms with Gasteiger partial charge in [-0.1, -0.05) is 0 Å². The van der Waals surface area contributed by atoms with Crippen LogP contribution in [0.2, 0.25) is 0 Å². The van der Waals surface area contributed by atoms with Crippen molar-refractivity contribution in [2.45, 2.75) is 31.6 Å². The van der Waals surface area contributed by atoms with Crippen LogP contribution in [0.3, 0.4) is 0 Å². The number of aromatic nitrogens is 1. The van der Waals surface area contributed by atoms with Gasteiger partial charge in [-0.3, -0.25) is 9.78 Å². The molecule has 5 nitrogen and oxygen atoms in total. The molecule has 8 heteroatoms. The van der Waals surface area contributed by atoms with E-state index in [0.29, 0.717) is 11.5 Å². The number of methoxy groups -OCH3 is 2. The average Bonchev–Trinajstić information content (AvgIpc) is 3.50. The Labute approximate surface area is 154 Å². The van der Waals surface area contributed by atoms with Gasteiger partial charge in [0.2, 0.25) is 0 Å². The van der Waals surface area contributed by atoms with Crippen LogP contribution in [0, 0.1) is 0 Å². The van der Waals surface area contributed by atoms with E-state index < -0.39 is 11.9 Å². The van der Waals surface area contributed by atoms with Gasteiger partial charge in [0.25, 0.3) is 5.91 Å². The summed E-state index contributed by atoms with van der Waals surface area (Å²) in [6.45, 7) is 0.289. The van der Waals surface area contributed by atoms with Crippen LogP contribution in [0.1, 0.15) is 34.5 Å². The molecular formula is C19H19F3N2O3. The molecule has 1 amide bonds. The lowest BCUT2D eigenvalue weighted by molar-refractivity contribution is -0.141. The van der Waals surface area contributed by atoms with Crippen molar-refractivity contribution in [3.05, 3.63) is 53.3 Å². The summed E-state index contributed by atoms with van der Waals surface area (Å²) in [6.07, 6.45) is -1.84. The molecule has 1 fully saturated rings. The van der Waals surface area contributed by atoms with Crippen molar-refractivity contribution in [3.63, 3.8) is 0 Å². The number of alkyl halides is 3. The van der Waals surface area contributed by atoms with E-state index in [-0.39, 0.29) is 24.1 Å². The summed E-state index contributed by atoms with van der Waals surface area (Å²) in [5, 5.41) is 0. The van der Waals surface area contributed by atoms with E-state index in [1.165, 1.54) is 13.2 Å². The van der Waals surface area contributed by atoms with Crippen molar-refractivity contribution >= 4 is 5.91 Å². The zero-order valence-corrected chi connectivity index (χ0v) is 14.9. The van der Waals surface area contributed by atoms with Gasteiger partial charge in [0, 0.05) is 30.4 Å². The zero-order valence-electron chi connectivity index (χ0n) is 14.9. The molecule has 144 valence electrons. The number of halogens is 3. The number of nitrogens with zero attached hydrogens (tertiary/aromatic N) is 2. The summed E-state index contributed by atoms with van der Waals surface area (Å²) >= 11 is 0. The van der Waals surface area contributed by atoms with Gasteiger partial charge < -0.3 is 14.4 Å². The fraction of sp³-hybridized carbons (Fsp3) is 0.368. The van der Waals surface area contributed by atoms with Crippen LogP contribution in [-0.2, 0) is 12.7 Å². The van der Waals surface area contributed by atoms with E-state index >= 15 is 0 Å². The van der Waals surface area contributed by atoms with Crippen LogP contribution >= 0.6 is 0 Å². The third-order valence-electron chi connectivity index (χ3n) is 4.38. The molecule has 0 N–H and O–H groups in total. The van der Waals surface area contributed by atoms with Gasteiger partial charge in [-0.15, -0.1) is 0 Å². The molecule has 1 heterocycles. The highest BCUT2D eigenvalue weighted by molar-refractivity contribution is 5.94. The van der Waals surface area contributed by atoms with E-state index in [2.05, 4.69) is 4.98 Å². The molecular weight excluding hydrogens is 361 g/mol. The number of rotatable bonds is 6. The average molecular weight is 380 g/mol. The van der Waals surface area contributed by atoms with Crippen LogP contribution in [0.4, 0.5) is 13.2 Å². The summed E-state index contributed by atoms with van der Waals surface area (Å²) in [4.78, 5) is 17.9. The molecule has 1 aliphatic rings. The van der Waals surface area contributed by atoms with E-state index in [4.69, 9.17) is 9.47 Å². The topological polar surface area (TPSA) is 51.7 Å². The number of carbonyl (C=O) groups is 1. The lowest BCUT2D eigenvalue weighted by Gasteiger charge is -2.24. The molecule has 0 spiro atoms. The van der Waals surface area contributed by atoms with E-state index in [1.54, 1.807) is 24.1 Å². The normalized spacial score (nSPS) is 14.0. The zero-order chi connectivity index (χ0) is 19.6. The van der Waals surface area contributed by atoms with Gasteiger partial charge >= 0.3 is 6.18 Å². The molecule has 0 atom stereocenters. The lowest BCUT2D eigenvalue weighted by atomic mass is 10.1. The van der Waals surface area contributed by atoms with Crippen LogP contribution in [0.5, 0.6) is 11.5 Å². The summed E-state index contributed by atoms with van der Waals surface area (Å²) in [5.74, 6) is 0.863. The number of hydrogen-bond donors (Lipinski definition) is 0. The van der Waals surface area contributed by atoms with Crippen molar-refractivity contribution < 1.29 is 27.4 Å². The molecule has 0 saturated heterocycles. The Balaban J connectivity index is 1.83. The molecule has 1 aromatic carbocycles. The number of ether oxygens (including phenoxy) is 2. The fourth-order valence-electron chi connectivity index (χ4n) is 2.77. The number of benzene rings is 1. The maximum absolute atomic E-state index is 12.9. The van der Waals surface area contributed by atoms with Crippen molar-refractivity contribution in [2.75, 3.05) is 14.2 Å². The molecule has 0 aliphatic heterocycles. The largest absolute Gasteiger partial charge is 0.497 e. The maximum atomic E-state index is 12.9. The second-order valence-electron chi connectivity index (χ2n) is 6.27. The number of amides is 1. The first kappa shape index (κ1) is 19.0. The van der Waals surface area contributed by atoms with E-state index in [9.17, 15) is 18.0 Å². The molecule has 0 unspecified atom stereocenters. The Hall–Kier alpha value is -2.77. The third kappa shape index (κ3) is 4.32. The summed E-state index contributed by atoms with van der Waals surface area (Å²) < 4.78 is 48.5. The monoisotopic (exact) mass is 380 g/mol. The van der Waals surface area contributed by atoms with Gasteiger partial charge in [0.05, 0.1) is 19.8 Å². The van der Waals surface area contributed by atoms with Gasteiger partial charge in [-0.2, -0.15) is 13.2 Å². The second-order valence-corrected chi connectivity index (χ2v) is 6.27. The fourth-order valence-corrected chi connectivity index (χ4v) is 2.77. The van der Waals surface area contributed by atoms with Crippen molar-refractivity contribution in [2.24, 2.45) is 0 Å². The van der Waals surface area contributed by atoms with Crippen LogP contribution in [0.25, 0.3) is 0 Å². The van der Waals surface area contributed by atoms with Crippen molar-refractivity contribution in [1.29, 1.82) is 0 Å².